The van der Waals surface area contributed by atoms with Gasteiger partial charge in [-0.25, -0.2) is 0 Å². The van der Waals surface area contributed by atoms with Crippen LogP contribution in [0.5, 0.6) is 0 Å². The first-order valence-electron chi connectivity index (χ1n) is 8.79. The van der Waals surface area contributed by atoms with E-state index in [9.17, 15) is 0 Å². The van der Waals surface area contributed by atoms with Crippen LogP contribution >= 0.6 is 11.8 Å². The molecule has 3 heteroatoms. The molecule has 1 spiro atoms. The first-order valence-corrected chi connectivity index (χ1v) is 9.67. The zero-order chi connectivity index (χ0) is 14.3. The molecule has 0 aromatic heterocycles. The van der Waals surface area contributed by atoms with Crippen LogP contribution < -0.4 is 0 Å². The highest BCUT2D eigenvalue weighted by Gasteiger charge is 2.52. The molecule has 3 unspecified atom stereocenters. The second-order valence-electron chi connectivity index (χ2n) is 7.05. The Balaban J connectivity index is 1.59. The Labute approximate surface area is 133 Å². The fourth-order valence-electron chi connectivity index (χ4n) is 4.41. The maximum absolute atomic E-state index is 6.65. The molecule has 1 saturated carbocycles. The van der Waals surface area contributed by atoms with E-state index in [1.165, 1.54) is 69.1 Å². The summed E-state index contributed by atoms with van der Waals surface area (Å²) in [6.07, 6.45) is 18.0. The SMILES string of the molecule is CN1C2CCCCCC2SC12C=CC1=C(CCCCC1)O2. The van der Waals surface area contributed by atoms with Crippen LogP contribution in [-0.2, 0) is 4.74 Å². The van der Waals surface area contributed by atoms with Gasteiger partial charge in [-0.3, -0.25) is 4.90 Å². The molecule has 2 aliphatic carbocycles. The summed E-state index contributed by atoms with van der Waals surface area (Å²) >= 11 is 2.08. The van der Waals surface area contributed by atoms with Gasteiger partial charge in [0.05, 0.1) is 0 Å². The summed E-state index contributed by atoms with van der Waals surface area (Å²) in [4.78, 5) is 2.54. The van der Waals surface area contributed by atoms with Crippen LogP contribution in [0.15, 0.2) is 23.5 Å². The number of thioether (sulfide) groups is 1. The molecular formula is C18H27NOS. The topological polar surface area (TPSA) is 12.5 Å². The van der Waals surface area contributed by atoms with Gasteiger partial charge in [-0.2, -0.15) is 0 Å². The summed E-state index contributed by atoms with van der Waals surface area (Å²) in [6, 6.07) is 0.704. The predicted molar refractivity (Wildman–Crippen MR) is 89.1 cm³/mol. The van der Waals surface area contributed by atoms with Gasteiger partial charge in [-0.05, 0) is 50.8 Å². The summed E-state index contributed by atoms with van der Waals surface area (Å²) in [6.45, 7) is 0. The van der Waals surface area contributed by atoms with E-state index >= 15 is 0 Å². The maximum atomic E-state index is 6.65. The highest BCUT2D eigenvalue weighted by atomic mass is 32.2. The first-order chi connectivity index (χ1) is 10.3. The minimum Gasteiger partial charge on any atom is -0.464 e. The molecule has 0 bridgehead atoms. The quantitative estimate of drug-likeness (QED) is 0.636. The Kier molecular flexibility index (Phi) is 3.83. The number of nitrogens with zero attached hydrogens (tertiary/aromatic N) is 1. The van der Waals surface area contributed by atoms with Crippen LogP contribution in [-0.4, -0.2) is 28.3 Å². The number of likely N-dealkylation sites (N-methyl/N-ethyl adjacent to an activating group) is 1. The largest absolute Gasteiger partial charge is 0.464 e. The van der Waals surface area contributed by atoms with Gasteiger partial charge in [-0.1, -0.05) is 43.5 Å². The Morgan fingerprint density at radius 3 is 2.86 bits per heavy atom. The van der Waals surface area contributed by atoms with Gasteiger partial charge in [0.25, 0.3) is 0 Å². The van der Waals surface area contributed by atoms with Gasteiger partial charge < -0.3 is 4.74 Å². The molecule has 3 atom stereocenters. The van der Waals surface area contributed by atoms with Gasteiger partial charge >= 0.3 is 0 Å². The van der Waals surface area contributed by atoms with Gasteiger partial charge in [0.1, 0.15) is 5.76 Å². The Morgan fingerprint density at radius 1 is 1.10 bits per heavy atom. The fraction of sp³-hybridized carbons (Fsp3) is 0.778. The smallest absolute Gasteiger partial charge is 0.231 e. The third kappa shape index (κ3) is 2.46. The Hall–Kier alpha value is -0.410. The van der Waals surface area contributed by atoms with Crippen molar-refractivity contribution in [3.63, 3.8) is 0 Å². The van der Waals surface area contributed by atoms with Crippen molar-refractivity contribution in [2.45, 2.75) is 80.6 Å². The zero-order valence-electron chi connectivity index (χ0n) is 13.1. The standard InChI is InChI=1S/C18H27NOS/c1-19-15-9-5-3-7-11-17(15)21-18(19)13-12-14-8-4-2-6-10-16(14)20-18/h12-13,15,17H,2-11H2,1H3. The summed E-state index contributed by atoms with van der Waals surface area (Å²) in [5.41, 5.74) is 1.47. The number of hydrogen-bond acceptors (Lipinski definition) is 3. The van der Waals surface area contributed by atoms with E-state index in [-0.39, 0.29) is 5.06 Å². The highest BCUT2D eigenvalue weighted by Crippen LogP contribution is 2.52. The molecule has 4 rings (SSSR count). The van der Waals surface area contributed by atoms with Crippen molar-refractivity contribution in [2.24, 2.45) is 0 Å². The molecule has 0 amide bonds. The van der Waals surface area contributed by atoms with Gasteiger partial charge in [-0.15, -0.1) is 0 Å². The van der Waals surface area contributed by atoms with Gasteiger partial charge in [0.2, 0.25) is 5.06 Å². The molecule has 2 aliphatic heterocycles. The monoisotopic (exact) mass is 305 g/mol. The van der Waals surface area contributed by atoms with E-state index in [1.807, 2.05) is 0 Å². The summed E-state index contributed by atoms with van der Waals surface area (Å²) in [7, 11) is 2.29. The zero-order valence-corrected chi connectivity index (χ0v) is 14.0. The van der Waals surface area contributed by atoms with Crippen molar-refractivity contribution >= 4 is 11.8 Å². The Morgan fingerprint density at radius 2 is 1.90 bits per heavy atom. The van der Waals surface area contributed by atoms with Gasteiger partial charge in [0, 0.05) is 17.7 Å². The predicted octanol–water partition coefficient (Wildman–Crippen LogP) is 4.82. The van der Waals surface area contributed by atoms with Crippen LogP contribution in [0, 0.1) is 0 Å². The molecule has 21 heavy (non-hydrogen) atoms. The second-order valence-corrected chi connectivity index (χ2v) is 8.47. The third-order valence-corrected chi connectivity index (χ3v) is 7.40. The lowest BCUT2D eigenvalue weighted by atomic mass is 10.0. The third-order valence-electron chi connectivity index (χ3n) is 5.70. The molecule has 0 aromatic rings. The Bertz CT molecular complexity index is 472. The van der Waals surface area contributed by atoms with Crippen LogP contribution in [0.1, 0.15) is 64.2 Å². The van der Waals surface area contributed by atoms with E-state index in [4.69, 9.17) is 4.74 Å². The van der Waals surface area contributed by atoms with Crippen molar-refractivity contribution < 1.29 is 4.74 Å². The lowest BCUT2D eigenvalue weighted by molar-refractivity contribution is -0.0210. The molecule has 4 aliphatic rings. The molecule has 116 valence electrons. The average Bonchev–Trinajstić information content (AvgIpc) is 2.75. The van der Waals surface area contributed by atoms with Crippen molar-refractivity contribution in [2.75, 3.05) is 7.05 Å². The lowest BCUT2D eigenvalue weighted by Crippen LogP contribution is -2.45. The maximum Gasteiger partial charge on any atom is 0.231 e. The summed E-state index contributed by atoms with van der Waals surface area (Å²) in [5, 5.41) is 0.561. The number of hydrogen-bond donors (Lipinski definition) is 0. The molecule has 0 radical (unpaired) electrons. The molecule has 0 N–H and O–H groups in total. The molecule has 2 fully saturated rings. The van der Waals surface area contributed by atoms with E-state index in [0.717, 1.165) is 11.7 Å². The minimum atomic E-state index is -0.199. The van der Waals surface area contributed by atoms with E-state index < -0.39 is 0 Å². The van der Waals surface area contributed by atoms with Crippen LogP contribution in [0.25, 0.3) is 0 Å². The first kappa shape index (κ1) is 14.2. The highest BCUT2D eigenvalue weighted by molar-refractivity contribution is 8.01. The van der Waals surface area contributed by atoms with Crippen LogP contribution in [0.2, 0.25) is 0 Å². The molecule has 2 nitrogen and oxygen atoms in total. The van der Waals surface area contributed by atoms with E-state index in [0.29, 0.717) is 6.04 Å². The van der Waals surface area contributed by atoms with Crippen molar-refractivity contribution in [1.82, 2.24) is 4.90 Å². The molecule has 1 saturated heterocycles. The summed E-state index contributed by atoms with van der Waals surface area (Å²) < 4.78 is 6.65. The fourth-order valence-corrected chi connectivity index (χ4v) is 6.20. The van der Waals surface area contributed by atoms with Crippen molar-refractivity contribution in [1.29, 1.82) is 0 Å². The molecule has 2 heterocycles. The second kappa shape index (κ2) is 5.66. The summed E-state index contributed by atoms with van der Waals surface area (Å²) in [5.74, 6) is 1.30. The van der Waals surface area contributed by atoms with Crippen molar-refractivity contribution in [3.8, 4) is 0 Å². The van der Waals surface area contributed by atoms with Crippen LogP contribution in [0.4, 0.5) is 0 Å². The number of fused-ring (bicyclic) bond motifs is 1. The van der Waals surface area contributed by atoms with Gasteiger partial charge in [0.15, 0.2) is 0 Å². The van der Waals surface area contributed by atoms with Crippen molar-refractivity contribution in [3.05, 3.63) is 23.5 Å². The minimum absolute atomic E-state index is 0.199. The van der Waals surface area contributed by atoms with Crippen LogP contribution in [0.3, 0.4) is 0 Å². The molecule has 0 aromatic carbocycles. The normalized spacial score (nSPS) is 40.4. The lowest BCUT2D eigenvalue weighted by Gasteiger charge is -2.38. The average molecular weight is 305 g/mol. The number of rotatable bonds is 0. The van der Waals surface area contributed by atoms with E-state index in [2.05, 4.69) is 35.9 Å². The number of allylic oxidation sites excluding steroid dienone is 3. The molecular weight excluding hydrogens is 278 g/mol. The van der Waals surface area contributed by atoms with E-state index in [1.54, 1.807) is 0 Å². The number of ether oxygens (including phenoxy) is 1.